The van der Waals surface area contributed by atoms with E-state index in [0.717, 1.165) is 12.1 Å². The molecule has 0 aromatic carbocycles. The molecule has 0 aliphatic rings. The summed E-state index contributed by atoms with van der Waals surface area (Å²) in [6.45, 7) is 0.698. The molecule has 0 atom stereocenters. The van der Waals surface area contributed by atoms with Crippen molar-refractivity contribution < 1.29 is 0 Å². The molecule has 0 aliphatic carbocycles. The number of nitrogen functional groups attached to an aromatic ring is 2. The highest BCUT2D eigenvalue weighted by Crippen LogP contribution is 2.03. The number of hydrogen-bond donors (Lipinski definition) is 4. The number of nitrogens with one attached hydrogen (secondary N) is 2. The molecule has 0 bridgehead atoms. The Hall–Kier alpha value is -2.31. The smallest absolute Gasteiger partial charge is 0.229 e. The lowest BCUT2D eigenvalue weighted by molar-refractivity contribution is 0.946. The molecule has 0 amide bonds. The van der Waals surface area contributed by atoms with Gasteiger partial charge in [0, 0.05) is 24.9 Å². The number of H-pyrrole nitrogens is 1. The maximum atomic E-state index is 5.44. The van der Waals surface area contributed by atoms with Gasteiger partial charge in [-0.1, -0.05) is 0 Å². The zero-order valence-electron chi connectivity index (χ0n) is 8.64. The monoisotopic (exact) mass is 219 g/mol. The number of rotatable bonds is 4. The summed E-state index contributed by atoms with van der Waals surface area (Å²) < 4.78 is 0. The number of aromatic nitrogens is 4. The van der Waals surface area contributed by atoms with Crippen molar-refractivity contribution in [3.8, 4) is 0 Å². The van der Waals surface area contributed by atoms with E-state index < -0.39 is 0 Å². The Morgan fingerprint density at radius 3 is 2.56 bits per heavy atom. The van der Waals surface area contributed by atoms with E-state index in [0.29, 0.717) is 12.5 Å². The summed E-state index contributed by atoms with van der Waals surface area (Å²) in [7, 11) is 0. The highest BCUT2D eigenvalue weighted by molar-refractivity contribution is 5.37. The first-order chi connectivity index (χ1) is 7.74. The summed E-state index contributed by atoms with van der Waals surface area (Å²) in [5.74, 6) is 0.640. The van der Waals surface area contributed by atoms with Crippen molar-refractivity contribution in [3.05, 3.63) is 24.0 Å². The van der Waals surface area contributed by atoms with Gasteiger partial charge < -0.3 is 21.8 Å². The molecule has 16 heavy (non-hydrogen) atoms. The minimum absolute atomic E-state index is 0.120. The Balaban J connectivity index is 1.89. The van der Waals surface area contributed by atoms with E-state index >= 15 is 0 Å². The third-order valence-corrected chi connectivity index (χ3v) is 2.01. The van der Waals surface area contributed by atoms with Crippen LogP contribution in [0.2, 0.25) is 0 Å². The predicted molar refractivity (Wildman–Crippen MR) is 61.6 cm³/mol. The molecule has 0 aliphatic heterocycles. The van der Waals surface area contributed by atoms with Crippen LogP contribution in [0.3, 0.4) is 0 Å². The van der Waals surface area contributed by atoms with Crippen molar-refractivity contribution in [1.82, 2.24) is 19.9 Å². The van der Waals surface area contributed by atoms with Gasteiger partial charge in [0.15, 0.2) is 0 Å². The maximum absolute atomic E-state index is 5.44. The second-order valence-electron chi connectivity index (χ2n) is 3.25. The van der Waals surface area contributed by atoms with Gasteiger partial charge in [-0.15, -0.1) is 0 Å². The van der Waals surface area contributed by atoms with Crippen molar-refractivity contribution in [1.29, 1.82) is 0 Å². The topological polar surface area (TPSA) is 119 Å². The second-order valence-corrected chi connectivity index (χ2v) is 3.25. The van der Waals surface area contributed by atoms with Gasteiger partial charge >= 0.3 is 0 Å². The number of nitrogens with zero attached hydrogens (tertiary/aromatic N) is 3. The molecule has 0 spiro atoms. The third-order valence-electron chi connectivity index (χ3n) is 2.01. The molecule has 0 saturated carbocycles. The zero-order valence-corrected chi connectivity index (χ0v) is 8.64. The molecule has 6 N–H and O–H groups in total. The predicted octanol–water partition coefficient (Wildman–Crippen LogP) is 0.0187. The van der Waals surface area contributed by atoms with Gasteiger partial charge in [0.1, 0.15) is 0 Å². The van der Waals surface area contributed by atoms with E-state index in [2.05, 4.69) is 25.3 Å². The average Bonchev–Trinajstić information content (AvgIpc) is 2.69. The van der Waals surface area contributed by atoms with Crippen LogP contribution in [0.25, 0.3) is 0 Å². The van der Waals surface area contributed by atoms with Crippen molar-refractivity contribution >= 4 is 17.8 Å². The normalized spacial score (nSPS) is 10.2. The molecule has 2 aromatic rings. The molecule has 7 nitrogen and oxygen atoms in total. The van der Waals surface area contributed by atoms with Crippen molar-refractivity contribution in [3.63, 3.8) is 0 Å². The van der Waals surface area contributed by atoms with Crippen LogP contribution in [0, 0.1) is 0 Å². The van der Waals surface area contributed by atoms with Crippen LogP contribution in [-0.4, -0.2) is 26.5 Å². The third kappa shape index (κ3) is 2.59. The van der Waals surface area contributed by atoms with Crippen LogP contribution in [-0.2, 0) is 6.42 Å². The van der Waals surface area contributed by atoms with Gasteiger partial charge in [0.2, 0.25) is 17.8 Å². The van der Waals surface area contributed by atoms with Crippen LogP contribution < -0.4 is 16.8 Å². The molecule has 2 aromatic heterocycles. The number of anilines is 3. The van der Waals surface area contributed by atoms with Crippen LogP contribution in [0.4, 0.5) is 17.8 Å². The Morgan fingerprint density at radius 2 is 1.94 bits per heavy atom. The average molecular weight is 219 g/mol. The standard InChI is InChI=1S/C9H13N7/c10-7-14-8(11)16-9(15-7)13-5-3-6-2-1-4-12-6/h1-2,4,12H,3,5H2,(H5,10,11,13,14,15,16). The molecular weight excluding hydrogens is 206 g/mol. The summed E-state index contributed by atoms with van der Waals surface area (Å²) >= 11 is 0. The Labute approximate surface area is 92.3 Å². The van der Waals surface area contributed by atoms with Gasteiger partial charge in [0.05, 0.1) is 0 Å². The highest BCUT2D eigenvalue weighted by Gasteiger charge is 2.00. The van der Waals surface area contributed by atoms with Gasteiger partial charge in [-0.05, 0) is 12.1 Å². The van der Waals surface area contributed by atoms with Crippen molar-refractivity contribution in [2.45, 2.75) is 6.42 Å². The minimum atomic E-state index is 0.120. The molecule has 0 fully saturated rings. The van der Waals surface area contributed by atoms with Crippen LogP contribution >= 0.6 is 0 Å². The lowest BCUT2D eigenvalue weighted by Crippen LogP contribution is -2.11. The van der Waals surface area contributed by atoms with E-state index in [-0.39, 0.29) is 11.9 Å². The van der Waals surface area contributed by atoms with E-state index in [1.807, 2.05) is 18.3 Å². The SMILES string of the molecule is Nc1nc(N)nc(NCCc2ccc[nH]2)n1. The summed E-state index contributed by atoms with van der Waals surface area (Å²) in [6.07, 6.45) is 2.73. The fraction of sp³-hybridized carbons (Fsp3) is 0.222. The minimum Gasteiger partial charge on any atom is -0.368 e. The lowest BCUT2D eigenvalue weighted by atomic mass is 10.3. The van der Waals surface area contributed by atoms with Crippen molar-refractivity contribution in [2.75, 3.05) is 23.3 Å². The first-order valence-corrected chi connectivity index (χ1v) is 4.87. The summed E-state index contributed by atoms with van der Waals surface area (Å²) in [4.78, 5) is 14.6. The van der Waals surface area contributed by atoms with Crippen LogP contribution in [0.1, 0.15) is 5.69 Å². The highest BCUT2D eigenvalue weighted by atomic mass is 15.2. The summed E-state index contributed by atoms with van der Waals surface area (Å²) in [5, 5.41) is 3.02. The molecule has 2 heterocycles. The van der Waals surface area contributed by atoms with Gasteiger partial charge in [0.25, 0.3) is 0 Å². The van der Waals surface area contributed by atoms with Crippen LogP contribution in [0.5, 0.6) is 0 Å². The second kappa shape index (κ2) is 4.47. The molecule has 0 saturated heterocycles. The molecular formula is C9H13N7. The maximum Gasteiger partial charge on any atom is 0.229 e. The van der Waals surface area contributed by atoms with Gasteiger partial charge in [-0.2, -0.15) is 15.0 Å². The Bertz CT molecular complexity index is 431. The number of nitrogens with two attached hydrogens (primary N) is 2. The van der Waals surface area contributed by atoms with E-state index in [4.69, 9.17) is 11.5 Å². The molecule has 0 unspecified atom stereocenters. The molecule has 2 rings (SSSR count). The van der Waals surface area contributed by atoms with Crippen molar-refractivity contribution in [2.24, 2.45) is 0 Å². The molecule has 84 valence electrons. The largest absolute Gasteiger partial charge is 0.368 e. The Kier molecular flexibility index (Phi) is 2.86. The fourth-order valence-corrected chi connectivity index (χ4v) is 1.32. The first-order valence-electron chi connectivity index (χ1n) is 4.87. The van der Waals surface area contributed by atoms with E-state index in [1.54, 1.807) is 0 Å². The quantitative estimate of drug-likeness (QED) is 0.575. The van der Waals surface area contributed by atoms with E-state index in [9.17, 15) is 0 Å². The lowest BCUT2D eigenvalue weighted by Gasteiger charge is -2.04. The van der Waals surface area contributed by atoms with Gasteiger partial charge in [-0.25, -0.2) is 0 Å². The Morgan fingerprint density at radius 1 is 1.19 bits per heavy atom. The fourth-order valence-electron chi connectivity index (χ4n) is 1.32. The first kappa shape index (κ1) is 10.2. The summed E-state index contributed by atoms with van der Waals surface area (Å²) in [5.41, 5.74) is 12.0. The zero-order chi connectivity index (χ0) is 11.4. The molecule has 0 radical (unpaired) electrons. The number of aromatic amines is 1. The van der Waals surface area contributed by atoms with Crippen LogP contribution in [0.15, 0.2) is 18.3 Å². The number of hydrogen-bond acceptors (Lipinski definition) is 6. The van der Waals surface area contributed by atoms with E-state index in [1.165, 1.54) is 0 Å². The summed E-state index contributed by atoms with van der Waals surface area (Å²) in [6, 6.07) is 3.96. The van der Waals surface area contributed by atoms with Gasteiger partial charge in [-0.3, -0.25) is 0 Å². The molecule has 7 heteroatoms.